The molecule has 1 aromatic carbocycles. The molecule has 0 aliphatic carbocycles. The first kappa shape index (κ1) is 11.0. The van der Waals surface area contributed by atoms with E-state index in [1.807, 2.05) is 24.3 Å². The lowest BCUT2D eigenvalue weighted by Crippen LogP contribution is -1.95. The third kappa shape index (κ3) is 2.12. The van der Waals surface area contributed by atoms with Crippen LogP contribution in [0.4, 0.5) is 0 Å². The Hall–Kier alpha value is -2.14. The van der Waals surface area contributed by atoms with Gasteiger partial charge >= 0.3 is 0 Å². The summed E-state index contributed by atoms with van der Waals surface area (Å²) in [6.07, 6.45) is 0. The predicted octanol–water partition coefficient (Wildman–Crippen LogP) is 2.05. The highest BCUT2D eigenvalue weighted by atomic mass is 16.7. The molecule has 1 aliphatic heterocycles. The second kappa shape index (κ2) is 4.62. The minimum atomic E-state index is 0.261. The summed E-state index contributed by atoms with van der Waals surface area (Å²) in [4.78, 5) is 0. The van der Waals surface area contributed by atoms with Crippen molar-refractivity contribution in [2.24, 2.45) is 5.73 Å². The number of hydrogen-bond acceptors (Lipinski definition) is 5. The van der Waals surface area contributed by atoms with E-state index in [4.69, 9.17) is 24.4 Å². The summed E-state index contributed by atoms with van der Waals surface area (Å²) in [5.41, 5.74) is 5.47. The predicted molar refractivity (Wildman–Crippen MR) is 63.5 cm³/mol. The van der Waals surface area contributed by atoms with Gasteiger partial charge in [0.2, 0.25) is 6.79 Å². The number of benzene rings is 1. The molecule has 5 nitrogen and oxygen atoms in total. The van der Waals surface area contributed by atoms with Crippen LogP contribution in [0.2, 0.25) is 0 Å². The van der Waals surface area contributed by atoms with Crippen molar-refractivity contribution >= 4 is 0 Å². The van der Waals surface area contributed by atoms with E-state index in [0.29, 0.717) is 24.7 Å². The van der Waals surface area contributed by atoms with Crippen LogP contribution in [0.5, 0.6) is 17.2 Å². The van der Waals surface area contributed by atoms with Crippen LogP contribution < -0.4 is 19.9 Å². The molecule has 0 saturated carbocycles. The highest BCUT2D eigenvalue weighted by molar-refractivity contribution is 5.46. The Kier molecular flexibility index (Phi) is 2.82. The Balaban J connectivity index is 1.66. The summed E-state index contributed by atoms with van der Waals surface area (Å²) in [6, 6.07) is 9.16. The van der Waals surface area contributed by atoms with Gasteiger partial charge in [0.05, 0.1) is 6.54 Å². The Morgan fingerprint density at radius 2 is 1.89 bits per heavy atom. The molecule has 2 N–H and O–H groups in total. The minimum absolute atomic E-state index is 0.261. The van der Waals surface area contributed by atoms with Gasteiger partial charge in [-0.25, -0.2) is 0 Å². The van der Waals surface area contributed by atoms with Crippen LogP contribution in [0, 0.1) is 0 Å². The first-order valence-electron chi connectivity index (χ1n) is 5.65. The number of furan rings is 1. The lowest BCUT2D eigenvalue weighted by molar-refractivity contribution is 0.173. The lowest BCUT2D eigenvalue weighted by Gasteiger charge is -2.05. The van der Waals surface area contributed by atoms with E-state index in [1.165, 1.54) is 0 Å². The van der Waals surface area contributed by atoms with Gasteiger partial charge in [0.1, 0.15) is 23.9 Å². The molecule has 0 spiro atoms. The molecule has 0 bridgehead atoms. The van der Waals surface area contributed by atoms with Gasteiger partial charge in [-0.15, -0.1) is 0 Å². The molecule has 0 atom stereocenters. The van der Waals surface area contributed by atoms with Crippen LogP contribution in [0.15, 0.2) is 34.7 Å². The van der Waals surface area contributed by atoms with Gasteiger partial charge in [-0.3, -0.25) is 0 Å². The Labute approximate surface area is 104 Å². The maximum absolute atomic E-state index is 5.61. The average Bonchev–Trinajstić information content (AvgIpc) is 3.04. The molecular formula is C13H13NO4. The van der Waals surface area contributed by atoms with E-state index in [9.17, 15) is 0 Å². The summed E-state index contributed by atoms with van der Waals surface area (Å²) in [5.74, 6) is 3.65. The molecule has 2 heterocycles. The van der Waals surface area contributed by atoms with Gasteiger partial charge in [0.15, 0.2) is 11.5 Å². The minimum Gasteiger partial charge on any atom is -0.486 e. The number of ether oxygens (including phenoxy) is 3. The summed E-state index contributed by atoms with van der Waals surface area (Å²) < 4.78 is 21.5. The van der Waals surface area contributed by atoms with E-state index in [-0.39, 0.29) is 6.79 Å². The molecule has 5 heteroatoms. The lowest BCUT2D eigenvalue weighted by atomic mass is 10.3. The maximum atomic E-state index is 5.61. The van der Waals surface area contributed by atoms with E-state index in [2.05, 4.69) is 0 Å². The van der Waals surface area contributed by atoms with Crippen molar-refractivity contribution in [2.45, 2.75) is 13.2 Å². The SMILES string of the molecule is NCc1ccc(COc2ccc3c(c2)OCO3)o1. The Bertz CT molecular complexity index is 550. The van der Waals surface area contributed by atoms with Crippen LogP contribution in [-0.4, -0.2) is 6.79 Å². The van der Waals surface area contributed by atoms with E-state index >= 15 is 0 Å². The molecular weight excluding hydrogens is 234 g/mol. The molecule has 0 radical (unpaired) electrons. The van der Waals surface area contributed by atoms with E-state index < -0.39 is 0 Å². The van der Waals surface area contributed by atoms with Crippen LogP contribution >= 0.6 is 0 Å². The second-order valence-electron chi connectivity index (χ2n) is 3.88. The van der Waals surface area contributed by atoms with Gasteiger partial charge in [-0.1, -0.05) is 0 Å². The molecule has 18 heavy (non-hydrogen) atoms. The molecule has 2 aromatic rings. The van der Waals surface area contributed by atoms with Gasteiger partial charge in [0.25, 0.3) is 0 Å². The fourth-order valence-electron chi connectivity index (χ4n) is 1.73. The zero-order chi connectivity index (χ0) is 12.4. The summed E-state index contributed by atoms with van der Waals surface area (Å²) in [5, 5.41) is 0. The second-order valence-corrected chi connectivity index (χ2v) is 3.88. The average molecular weight is 247 g/mol. The standard InChI is InChI=1S/C13H13NO4/c14-6-10-1-2-11(18-10)7-15-9-3-4-12-13(5-9)17-8-16-12/h1-5H,6-8,14H2. The summed E-state index contributed by atoms with van der Waals surface area (Å²) in [7, 11) is 0. The molecule has 0 unspecified atom stereocenters. The molecule has 0 saturated heterocycles. The summed E-state index contributed by atoms with van der Waals surface area (Å²) >= 11 is 0. The molecule has 3 rings (SSSR count). The summed E-state index contributed by atoms with van der Waals surface area (Å²) in [6.45, 7) is 1.01. The van der Waals surface area contributed by atoms with Crippen LogP contribution in [0.3, 0.4) is 0 Å². The number of hydrogen-bond donors (Lipinski definition) is 1. The number of rotatable bonds is 4. The largest absolute Gasteiger partial charge is 0.486 e. The Morgan fingerprint density at radius 1 is 1.06 bits per heavy atom. The Morgan fingerprint density at radius 3 is 2.72 bits per heavy atom. The molecule has 1 aromatic heterocycles. The third-order valence-corrected chi connectivity index (χ3v) is 2.64. The van der Waals surface area contributed by atoms with Gasteiger partial charge in [-0.2, -0.15) is 0 Å². The van der Waals surface area contributed by atoms with Gasteiger partial charge in [0, 0.05) is 6.07 Å². The molecule has 94 valence electrons. The van der Waals surface area contributed by atoms with Crippen molar-refractivity contribution in [2.75, 3.05) is 6.79 Å². The highest BCUT2D eigenvalue weighted by Gasteiger charge is 2.13. The number of fused-ring (bicyclic) bond motifs is 1. The fraction of sp³-hybridized carbons (Fsp3) is 0.231. The third-order valence-electron chi connectivity index (χ3n) is 2.64. The zero-order valence-electron chi connectivity index (χ0n) is 9.72. The van der Waals surface area contributed by atoms with Gasteiger partial charge in [-0.05, 0) is 24.3 Å². The molecule has 1 aliphatic rings. The van der Waals surface area contributed by atoms with E-state index in [0.717, 1.165) is 17.3 Å². The first-order chi connectivity index (χ1) is 8.85. The van der Waals surface area contributed by atoms with Crippen molar-refractivity contribution in [3.63, 3.8) is 0 Å². The van der Waals surface area contributed by atoms with Crippen molar-refractivity contribution in [3.05, 3.63) is 41.9 Å². The van der Waals surface area contributed by atoms with Gasteiger partial charge < -0.3 is 24.4 Å². The van der Waals surface area contributed by atoms with Crippen molar-refractivity contribution < 1.29 is 18.6 Å². The topological polar surface area (TPSA) is 66.9 Å². The van der Waals surface area contributed by atoms with E-state index in [1.54, 1.807) is 6.07 Å². The quantitative estimate of drug-likeness (QED) is 0.895. The zero-order valence-corrected chi connectivity index (χ0v) is 9.72. The fourth-order valence-corrected chi connectivity index (χ4v) is 1.73. The van der Waals surface area contributed by atoms with Crippen molar-refractivity contribution in [1.29, 1.82) is 0 Å². The van der Waals surface area contributed by atoms with Crippen LogP contribution in [0.1, 0.15) is 11.5 Å². The van der Waals surface area contributed by atoms with Crippen molar-refractivity contribution in [1.82, 2.24) is 0 Å². The molecule has 0 amide bonds. The highest BCUT2D eigenvalue weighted by Crippen LogP contribution is 2.35. The molecule has 0 fully saturated rings. The first-order valence-corrected chi connectivity index (χ1v) is 5.65. The normalized spacial score (nSPS) is 12.7. The number of nitrogens with two attached hydrogens (primary N) is 1. The van der Waals surface area contributed by atoms with Crippen LogP contribution in [-0.2, 0) is 13.2 Å². The monoisotopic (exact) mass is 247 g/mol. The van der Waals surface area contributed by atoms with Crippen molar-refractivity contribution in [3.8, 4) is 17.2 Å². The smallest absolute Gasteiger partial charge is 0.231 e. The van der Waals surface area contributed by atoms with Crippen LogP contribution in [0.25, 0.3) is 0 Å². The maximum Gasteiger partial charge on any atom is 0.231 e.